The number of rotatable bonds is 7. The van der Waals surface area contributed by atoms with Crippen molar-refractivity contribution in [3.63, 3.8) is 0 Å². The lowest BCUT2D eigenvalue weighted by Crippen LogP contribution is -2.15. The number of aromatic nitrogens is 5. The number of hydrogen-bond donors (Lipinski definition) is 3. The summed E-state index contributed by atoms with van der Waals surface area (Å²) < 4.78 is 104. The van der Waals surface area contributed by atoms with Gasteiger partial charge in [0.15, 0.2) is 17.2 Å². The van der Waals surface area contributed by atoms with Crippen LogP contribution >= 0.6 is 0 Å². The number of aromatic amines is 2. The number of ether oxygens (including phenoxy) is 2. The summed E-state index contributed by atoms with van der Waals surface area (Å²) in [5, 5.41) is 2.49. The van der Waals surface area contributed by atoms with Crippen molar-refractivity contribution in [1.29, 1.82) is 0 Å². The third-order valence-corrected chi connectivity index (χ3v) is 5.67. The van der Waals surface area contributed by atoms with Crippen LogP contribution in [0.25, 0.3) is 22.6 Å². The van der Waals surface area contributed by atoms with Crippen molar-refractivity contribution >= 4 is 28.6 Å². The number of carbonyl (C=O) groups is 1. The number of hydrogen-bond acceptors (Lipinski definition) is 7. The number of nitrogens with one attached hydrogen (secondary N) is 3. The van der Waals surface area contributed by atoms with E-state index in [-0.39, 0.29) is 35.6 Å². The topological polar surface area (TPSA) is 118 Å². The van der Waals surface area contributed by atoms with Gasteiger partial charge in [-0.1, -0.05) is 0 Å². The average Bonchev–Trinajstić information content (AvgIpc) is 3.54. The standard InChI is InChI=1S/C26H17F7N6O3/c1-2-41-23(40)20-21(26(31,32)33)39-22(38-20)19-11-14(7-8-34-19)42-13-4-6-16-18(10-13)37-24(35-16)36-17-9-12(25(28,29)30)3-5-15(17)27/h3-11H,2H2,1H3,(H,38,39)(H2,35,36,37). The van der Waals surface area contributed by atoms with E-state index in [0.29, 0.717) is 29.2 Å². The van der Waals surface area contributed by atoms with Crippen LogP contribution in [0.4, 0.5) is 42.4 Å². The Morgan fingerprint density at radius 3 is 2.40 bits per heavy atom. The second kappa shape index (κ2) is 10.7. The number of nitrogens with zero attached hydrogens (tertiary/aromatic N) is 3. The van der Waals surface area contributed by atoms with Gasteiger partial charge in [-0.05, 0) is 43.3 Å². The summed E-state index contributed by atoms with van der Waals surface area (Å²) in [5.41, 5.74) is -3.13. The van der Waals surface area contributed by atoms with E-state index in [1.54, 1.807) is 0 Å². The summed E-state index contributed by atoms with van der Waals surface area (Å²) in [6.45, 7) is 1.29. The molecule has 0 unspecified atom stereocenters. The molecule has 3 heterocycles. The van der Waals surface area contributed by atoms with Crippen molar-refractivity contribution in [3.05, 3.63) is 77.5 Å². The number of pyridine rings is 1. The maximum Gasteiger partial charge on any atom is 0.433 e. The molecule has 5 rings (SSSR count). The van der Waals surface area contributed by atoms with Crippen LogP contribution in [0.2, 0.25) is 0 Å². The number of fused-ring (bicyclic) bond motifs is 1. The molecule has 5 aromatic rings. The predicted molar refractivity (Wildman–Crippen MR) is 134 cm³/mol. The highest BCUT2D eigenvalue weighted by molar-refractivity contribution is 5.89. The number of anilines is 2. The van der Waals surface area contributed by atoms with E-state index in [4.69, 9.17) is 4.74 Å². The number of esters is 1. The molecule has 0 radical (unpaired) electrons. The third kappa shape index (κ3) is 5.96. The monoisotopic (exact) mass is 594 g/mol. The fourth-order valence-electron chi connectivity index (χ4n) is 3.82. The summed E-state index contributed by atoms with van der Waals surface area (Å²) in [6.07, 6.45) is -8.33. The first-order valence-corrected chi connectivity index (χ1v) is 11.9. The van der Waals surface area contributed by atoms with Crippen molar-refractivity contribution in [2.45, 2.75) is 19.3 Å². The molecule has 3 N–H and O–H groups in total. The molecule has 0 amide bonds. The molecule has 0 saturated carbocycles. The Morgan fingerprint density at radius 2 is 1.69 bits per heavy atom. The molecule has 0 aliphatic rings. The minimum Gasteiger partial charge on any atom is -0.461 e. The zero-order valence-corrected chi connectivity index (χ0v) is 21.1. The zero-order chi connectivity index (χ0) is 30.2. The molecule has 0 saturated heterocycles. The number of halogens is 7. The average molecular weight is 594 g/mol. The van der Waals surface area contributed by atoms with Crippen molar-refractivity contribution in [3.8, 4) is 23.0 Å². The Bertz CT molecular complexity index is 1780. The Kier molecular flexibility index (Phi) is 7.22. The van der Waals surface area contributed by atoms with Crippen LogP contribution in [-0.2, 0) is 17.1 Å². The van der Waals surface area contributed by atoms with Crippen molar-refractivity contribution < 1.29 is 45.0 Å². The van der Waals surface area contributed by atoms with E-state index in [9.17, 15) is 35.5 Å². The molecular weight excluding hydrogens is 577 g/mol. The fourth-order valence-corrected chi connectivity index (χ4v) is 3.82. The molecule has 0 fully saturated rings. The van der Waals surface area contributed by atoms with Gasteiger partial charge < -0.3 is 24.8 Å². The number of alkyl halides is 6. The molecular formula is C26H17F7N6O3. The van der Waals surface area contributed by atoms with Gasteiger partial charge in [0, 0.05) is 18.3 Å². The van der Waals surface area contributed by atoms with E-state index in [1.807, 2.05) is 0 Å². The van der Waals surface area contributed by atoms with Gasteiger partial charge in [0.2, 0.25) is 5.95 Å². The molecule has 42 heavy (non-hydrogen) atoms. The third-order valence-electron chi connectivity index (χ3n) is 5.67. The Balaban J connectivity index is 1.38. The van der Waals surface area contributed by atoms with Gasteiger partial charge >= 0.3 is 18.3 Å². The maximum atomic E-state index is 14.1. The summed E-state index contributed by atoms with van der Waals surface area (Å²) in [4.78, 5) is 28.8. The number of benzene rings is 2. The second-order valence-electron chi connectivity index (χ2n) is 8.59. The van der Waals surface area contributed by atoms with Gasteiger partial charge in [-0.3, -0.25) is 4.98 Å². The van der Waals surface area contributed by atoms with Crippen LogP contribution in [0.3, 0.4) is 0 Å². The van der Waals surface area contributed by atoms with Gasteiger partial charge in [0.1, 0.15) is 23.0 Å². The first-order valence-electron chi connectivity index (χ1n) is 11.9. The molecule has 0 bridgehead atoms. The molecule has 0 aliphatic heterocycles. The Morgan fingerprint density at radius 1 is 0.929 bits per heavy atom. The Hall–Kier alpha value is -5.15. The molecule has 0 atom stereocenters. The summed E-state index contributed by atoms with van der Waals surface area (Å²) in [5.74, 6) is -2.18. The lowest BCUT2D eigenvalue weighted by molar-refractivity contribution is -0.141. The molecule has 9 nitrogen and oxygen atoms in total. The van der Waals surface area contributed by atoms with Crippen LogP contribution in [-0.4, -0.2) is 37.5 Å². The van der Waals surface area contributed by atoms with Crippen LogP contribution in [0.15, 0.2) is 54.7 Å². The molecule has 3 aromatic heterocycles. The lowest BCUT2D eigenvalue weighted by atomic mass is 10.2. The zero-order valence-electron chi connectivity index (χ0n) is 21.1. The normalized spacial score (nSPS) is 12.0. The van der Waals surface area contributed by atoms with Crippen molar-refractivity contribution in [1.82, 2.24) is 24.9 Å². The van der Waals surface area contributed by atoms with E-state index >= 15 is 0 Å². The molecule has 218 valence electrons. The van der Waals surface area contributed by atoms with Gasteiger partial charge in [0.05, 0.1) is 28.9 Å². The van der Waals surface area contributed by atoms with Crippen LogP contribution in [0, 0.1) is 5.82 Å². The van der Waals surface area contributed by atoms with E-state index in [1.165, 1.54) is 43.5 Å². The van der Waals surface area contributed by atoms with E-state index in [2.05, 4.69) is 35.0 Å². The molecule has 0 aliphatic carbocycles. The number of imidazole rings is 2. The first-order chi connectivity index (χ1) is 19.8. The summed E-state index contributed by atoms with van der Waals surface area (Å²) in [7, 11) is 0. The van der Waals surface area contributed by atoms with Gasteiger partial charge in [-0.15, -0.1) is 0 Å². The van der Waals surface area contributed by atoms with Crippen LogP contribution in [0.5, 0.6) is 11.5 Å². The van der Waals surface area contributed by atoms with Crippen molar-refractivity contribution in [2.24, 2.45) is 0 Å². The largest absolute Gasteiger partial charge is 0.461 e. The van der Waals surface area contributed by atoms with E-state index < -0.39 is 46.8 Å². The number of carbonyl (C=O) groups excluding carboxylic acids is 1. The fraction of sp³-hybridized carbons (Fsp3) is 0.154. The van der Waals surface area contributed by atoms with Gasteiger partial charge in [-0.2, -0.15) is 26.3 Å². The SMILES string of the molecule is CCOC(=O)c1nc(-c2cc(Oc3ccc4nc(Nc5cc(C(F)(F)F)ccc5F)[nH]c4c3)ccn2)[nH]c1C(F)(F)F. The Labute approximate surface area is 230 Å². The highest BCUT2D eigenvalue weighted by Crippen LogP contribution is 2.35. The van der Waals surface area contributed by atoms with Crippen LogP contribution in [0.1, 0.15) is 28.7 Å². The van der Waals surface area contributed by atoms with Crippen LogP contribution < -0.4 is 10.1 Å². The molecule has 2 aromatic carbocycles. The maximum absolute atomic E-state index is 14.1. The predicted octanol–water partition coefficient (Wildman–Crippen LogP) is 7.24. The quantitative estimate of drug-likeness (QED) is 0.134. The van der Waals surface area contributed by atoms with Gasteiger partial charge in [-0.25, -0.2) is 19.2 Å². The lowest BCUT2D eigenvalue weighted by Gasteiger charge is -2.10. The highest BCUT2D eigenvalue weighted by Gasteiger charge is 2.40. The molecule has 16 heteroatoms. The molecule has 0 spiro atoms. The number of H-pyrrole nitrogens is 2. The van der Waals surface area contributed by atoms with E-state index in [0.717, 1.165) is 0 Å². The minimum absolute atomic E-state index is 0.0396. The van der Waals surface area contributed by atoms with Crippen molar-refractivity contribution in [2.75, 3.05) is 11.9 Å². The smallest absolute Gasteiger partial charge is 0.433 e. The minimum atomic E-state index is -4.92. The summed E-state index contributed by atoms with van der Waals surface area (Å²) >= 11 is 0. The highest BCUT2D eigenvalue weighted by atomic mass is 19.4. The van der Waals surface area contributed by atoms with Gasteiger partial charge in [0.25, 0.3) is 0 Å². The first kappa shape index (κ1) is 28.4. The second-order valence-corrected chi connectivity index (χ2v) is 8.59. The summed E-state index contributed by atoms with van der Waals surface area (Å²) in [6, 6.07) is 9.14.